The molecule has 1 aromatic carbocycles. The van der Waals surface area contributed by atoms with Gasteiger partial charge in [-0.1, -0.05) is 24.3 Å². The molecule has 30 heavy (non-hydrogen) atoms. The van der Waals surface area contributed by atoms with Gasteiger partial charge in [-0.15, -0.1) is 0 Å². The van der Waals surface area contributed by atoms with Crippen molar-refractivity contribution in [1.82, 2.24) is 4.57 Å². The fourth-order valence-corrected chi connectivity index (χ4v) is 4.95. The molecule has 0 bridgehead atoms. The van der Waals surface area contributed by atoms with Crippen LogP contribution in [-0.2, 0) is 12.1 Å². The van der Waals surface area contributed by atoms with Crippen molar-refractivity contribution in [3.63, 3.8) is 0 Å². The minimum absolute atomic E-state index is 0.270. The van der Waals surface area contributed by atoms with Gasteiger partial charge in [-0.3, -0.25) is 4.79 Å². The molecule has 1 aliphatic heterocycles. The zero-order chi connectivity index (χ0) is 20.9. The maximum absolute atomic E-state index is 13.2. The molecule has 1 N–H and O–H groups in total. The van der Waals surface area contributed by atoms with E-state index in [1.165, 1.54) is 36.9 Å². The lowest BCUT2D eigenvalue weighted by Gasteiger charge is -2.35. The highest BCUT2D eigenvalue weighted by Gasteiger charge is 2.33. The average Bonchev–Trinajstić information content (AvgIpc) is 3.64. The number of anilines is 1. The Labute approximate surface area is 179 Å². The zero-order valence-electron chi connectivity index (χ0n) is 18.3. The van der Waals surface area contributed by atoms with E-state index in [0.717, 1.165) is 49.5 Å². The maximum Gasteiger partial charge on any atom is 0.256 e. The first-order valence-electron chi connectivity index (χ1n) is 11.7. The SMILES string of the molecule is CC(C)(O)c1ccc(C2CCN(c3ccn(CC4CC4)c(=O)c3C3CC3)CC2)cc1. The lowest BCUT2D eigenvalue weighted by atomic mass is 9.87. The molecule has 1 aromatic heterocycles. The molecule has 160 valence electrons. The second-order valence-electron chi connectivity index (χ2n) is 10.2. The first-order chi connectivity index (χ1) is 14.4. The lowest BCUT2D eigenvalue weighted by molar-refractivity contribution is 0.0786. The standard InChI is InChI=1S/C26H34N2O2/c1-26(2,30)22-9-7-19(8-10-22)20-11-14-27(15-12-20)23-13-16-28(17-18-3-4-18)25(29)24(23)21-5-6-21/h7-10,13,16,18,20-21,30H,3-6,11-12,14-15,17H2,1-2H3. The number of piperidine rings is 1. The van der Waals surface area contributed by atoms with Crippen LogP contribution in [0.15, 0.2) is 41.3 Å². The van der Waals surface area contributed by atoms with Crippen LogP contribution >= 0.6 is 0 Å². The highest BCUT2D eigenvalue weighted by molar-refractivity contribution is 5.55. The molecule has 0 radical (unpaired) electrons. The molecular weight excluding hydrogens is 372 g/mol. The summed E-state index contributed by atoms with van der Waals surface area (Å²) in [7, 11) is 0. The Hall–Kier alpha value is -2.07. The van der Waals surface area contributed by atoms with E-state index >= 15 is 0 Å². The van der Waals surface area contributed by atoms with Crippen molar-refractivity contribution < 1.29 is 5.11 Å². The maximum atomic E-state index is 13.2. The fourth-order valence-electron chi connectivity index (χ4n) is 4.95. The van der Waals surface area contributed by atoms with Gasteiger partial charge in [0.25, 0.3) is 5.56 Å². The second kappa shape index (κ2) is 7.56. The van der Waals surface area contributed by atoms with Crippen LogP contribution < -0.4 is 10.5 Å². The van der Waals surface area contributed by atoms with Gasteiger partial charge >= 0.3 is 0 Å². The summed E-state index contributed by atoms with van der Waals surface area (Å²) < 4.78 is 1.98. The number of nitrogens with zero attached hydrogens (tertiary/aromatic N) is 2. The Morgan fingerprint density at radius 3 is 2.17 bits per heavy atom. The van der Waals surface area contributed by atoms with Crippen LogP contribution in [0.2, 0.25) is 0 Å². The molecule has 2 heterocycles. The van der Waals surface area contributed by atoms with E-state index in [4.69, 9.17) is 0 Å². The monoisotopic (exact) mass is 406 g/mol. The van der Waals surface area contributed by atoms with Crippen LogP contribution in [0, 0.1) is 5.92 Å². The summed E-state index contributed by atoms with van der Waals surface area (Å²) in [5.74, 6) is 1.75. The van der Waals surface area contributed by atoms with E-state index in [2.05, 4.69) is 35.2 Å². The average molecular weight is 407 g/mol. The largest absolute Gasteiger partial charge is 0.386 e. The molecule has 2 aromatic rings. The Kier molecular flexibility index (Phi) is 5.01. The Morgan fingerprint density at radius 2 is 1.60 bits per heavy atom. The normalized spacial score (nSPS) is 20.6. The first kappa shape index (κ1) is 19.9. The smallest absolute Gasteiger partial charge is 0.256 e. The van der Waals surface area contributed by atoms with Crippen LogP contribution in [0.1, 0.15) is 80.9 Å². The lowest BCUT2D eigenvalue weighted by Crippen LogP contribution is -2.36. The second-order valence-corrected chi connectivity index (χ2v) is 10.2. The van der Waals surface area contributed by atoms with Crippen molar-refractivity contribution in [3.8, 4) is 0 Å². The zero-order valence-corrected chi connectivity index (χ0v) is 18.3. The van der Waals surface area contributed by atoms with Crippen molar-refractivity contribution in [2.45, 2.75) is 76.4 Å². The molecular formula is C26H34N2O2. The molecule has 2 aliphatic carbocycles. The van der Waals surface area contributed by atoms with E-state index in [-0.39, 0.29) is 5.56 Å². The molecule has 3 aliphatic rings. The predicted octanol–water partition coefficient (Wildman–Crippen LogP) is 4.75. The van der Waals surface area contributed by atoms with Crippen LogP contribution in [0.25, 0.3) is 0 Å². The third kappa shape index (κ3) is 4.07. The molecule has 2 saturated carbocycles. The van der Waals surface area contributed by atoms with Gasteiger partial charge in [0.15, 0.2) is 0 Å². The number of hydrogen-bond acceptors (Lipinski definition) is 3. The Balaban J connectivity index is 1.31. The minimum atomic E-state index is -0.791. The topological polar surface area (TPSA) is 45.5 Å². The highest BCUT2D eigenvalue weighted by atomic mass is 16.3. The van der Waals surface area contributed by atoms with E-state index in [0.29, 0.717) is 11.8 Å². The van der Waals surface area contributed by atoms with Crippen LogP contribution in [-0.4, -0.2) is 22.8 Å². The molecule has 1 saturated heterocycles. The molecule has 3 fully saturated rings. The fraction of sp³-hybridized carbons (Fsp3) is 0.577. The van der Waals surface area contributed by atoms with E-state index < -0.39 is 5.60 Å². The quantitative estimate of drug-likeness (QED) is 0.753. The molecule has 0 spiro atoms. The first-order valence-corrected chi connectivity index (χ1v) is 11.7. The molecule has 0 unspecified atom stereocenters. The molecule has 4 heteroatoms. The van der Waals surface area contributed by atoms with Crippen LogP contribution in [0.4, 0.5) is 5.69 Å². The number of rotatable bonds is 6. The summed E-state index contributed by atoms with van der Waals surface area (Å²) in [6.07, 6.45) is 9.14. The molecule has 0 amide bonds. The van der Waals surface area contributed by atoms with Crippen LogP contribution in [0.5, 0.6) is 0 Å². The Morgan fingerprint density at radius 1 is 0.933 bits per heavy atom. The molecule has 0 atom stereocenters. The highest BCUT2D eigenvalue weighted by Crippen LogP contribution is 2.44. The minimum Gasteiger partial charge on any atom is -0.386 e. The van der Waals surface area contributed by atoms with Crippen molar-refractivity contribution in [3.05, 3.63) is 63.6 Å². The van der Waals surface area contributed by atoms with Gasteiger partial charge in [-0.25, -0.2) is 0 Å². The van der Waals surface area contributed by atoms with Crippen LogP contribution in [0.3, 0.4) is 0 Å². The summed E-state index contributed by atoms with van der Waals surface area (Å²) in [6.45, 7) is 6.57. The van der Waals surface area contributed by atoms with Gasteiger partial charge in [0.1, 0.15) is 0 Å². The summed E-state index contributed by atoms with van der Waals surface area (Å²) >= 11 is 0. The predicted molar refractivity (Wildman–Crippen MR) is 121 cm³/mol. The van der Waals surface area contributed by atoms with Gasteiger partial charge in [0.2, 0.25) is 0 Å². The van der Waals surface area contributed by atoms with Crippen molar-refractivity contribution in [2.75, 3.05) is 18.0 Å². The number of pyridine rings is 1. The molecule has 4 nitrogen and oxygen atoms in total. The number of hydrogen-bond donors (Lipinski definition) is 1. The van der Waals surface area contributed by atoms with Gasteiger partial charge < -0.3 is 14.6 Å². The van der Waals surface area contributed by atoms with E-state index in [9.17, 15) is 9.90 Å². The summed E-state index contributed by atoms with van der Waals surface area (Å²) in [4.78, 5) is 15.6. The summed E-state index contributed by atoms with van der Waals surface area (Å²) in [5, 5.41) is 10.2. The van der Waals surface area contributed by atoms with Crippen molar-refractivity contribution in [2.24, 2.45) is 5.92 Å². The third-order valence-corrected chi connectivity index (χ3v) is 7.24. The van der Waals surface area contributed by atoms with Gasteiger partial charge in [-0.2, -0.15) is 0 Å². The van der Waals surface area contributed by atoms with Crippen molar-refractivity contribution >= 4 is 5.69 Å². The Bertz CT molecular complexity index is 954. The number of benzene rings is 1. The third-order valence-electron chi connectivity index (χ3n) is 7.24. The van der Waals surface area contributed by atoms with E-state index in [1.807, 2.05) is 24.6 Å². The molecule has 5 rings (SSSR count). The summed E-state index contributed by atoms with van der Waals surface area (Å²) in [5.41, 5.74) is 4.10. The number of aliphatic hydroxyl groups is 1. The van der Waals surface area contributed by atoms with Gasteiger partial charge in [0.05, 0.1) is 5.60 Å². The van der Waals surface area contributed by atoms with Gasteiger partial charge in [-0.05, 0) is 87.3 Å². The van der Waals surface area contributed by atoms with E-state index in [1.54, 1.807) is 0 Å². The summed E-state index contributed by atoms with van der Waals surface area (Å²) in [6, 6.07) is 10.7. The number of aromatic nitrogens is 1. The van der Waals surface area contributed by atoms with Crippen molar-refractivity contribution in [1.29, 1.82) is 0 Å². The van der Waals surface area contributed by atoms with Gasteiger partial charge in [0, 0.05) is 37.1 Å².